The van der Waals surface area contributed by atoms with Crippen LogP contribution in [0.3, 0.4) is 0 Å². The van der Waals surface area contributed by atoms with Gasteiger partial charge in [0.25, 0.3) is 5.91 Å². The first-order valence-corrected chi connectivity index (χ1v) is 7.11. The quantitative estimate of drug-likeness (QED) is 0.799. The summed E-state index contributed by atoms with van der Waals surface area (Å²) in [5, 5.41) is 3.40. The van der Waals surface area contributed by atoms with Crippen LogP contribution in [0, 0.1) is 6.92 Å². The SMILES string of the molecule is CNC(=O)c1c(C)oc2ccc(OCc3ccccc3)cc12. The summed E-state index contributed by atoms with van der Waals surface area (Å²) >= 11 is 0. The summed E-state index contributed by atoms with van der Waals surface area (Å²) in [6, 6.07) is 15.5. The van der Waals surface area contributed by atoms with Gasteiger partial charge in [0.1, 0.15) is 23.7 Å². The predicted octanol–water partition coefficient (Wildman–Crippen LogP) is 3.68. The minimum absolute atomic E-state index is 0.156. The summed E-state index contributed by atoms with van der Waals surface area (Å²) in [5.41, 5.74) is 2.34. The molecule has 3 aromatic rings. The normalized spacial score (nSPS) is 10.6. The molecule has 1 aromatic heterocycles. The molecule has 1 heterocycles. The van der Waals surface area contributed by atoms with Crippen LogP contribution in [0.15, 0.2) is 52.9 Å². The smallest absolute Gasteiger partial charge is 0.255 e. The Balaban J connectivity index is 1.90. The Kier molecular flexibility index (Phi) is 3.83. The van der Waals surface area contributed by atoms with Gasteiger partial charge in [-0.2, -0.15) is 0 Å². The topological polar surface area (TPSA) is 51.5 Å². The van der Waals surface area contributed by atoms with Crippen LogP contribution >= 0.6 is 0 Å². The van der Waals surface area contributed by atoms with E-state index < -0.39 is 0 Å². The molecular formula is C18H17NO3. The number of aryl methyl sites for hydroxylation is 1. The van der Waals surface area contributed by atoms with E-state index in [0.717, 1.165) is 10.9 Å². The Morgan fingerprint density at radius 3 is 2.68 bits per heavy atom. The van der Waals surface area contributed by atoms with Crippen molar-refractivity contribution >= 4 is 16.9 Å². The van der Waals surface area contributed by atoms with Crippen LogP contribution in [0.2, 0.25) is 0 Å². The van der Waals surface area contributed by atoms with E-state index in [0.29, 0.717) is 29.3 Å². The van der Waals surface area contributed by atoms with Crippen LogP contribution in [0.25, 0.3) is 11.0 Å². The standard InChI is InChI=1S/C18H17NO3/c1-12-17(18(20)19-2)15-10-14(8-9-16(15)22-12)21-11-13-6-4-3-5-7-13/h3-10H,11H2,1-2H3,(H,19,20). The van der Waals surface area contributed by atoms with Gasteiger partial charge in [0.15, 0.2) is 0 Å². The van der Waals surface area contributed by atoms with Crippen molar-refractivity contribution in [3.05, 3.63) is 65.4 Å². The summed E-state index contributed by atoms with van der Waals surface area (Å²) in [6.07, 6.45) is 0. The highest BCUT2D eigenvalue weighted by atomic mass is 16.5. The zero-order valence-corrected chi connectivity index (χ0v) is 12.6. The number of carbonyl (C=O) groups is 1. The highest BCUT2D eigenvalue weighted by molar-refractivity contribution is 6.07. The second-order valence-corrected chi connectivity index (χ2v) is 5.04. The van der Waals surface area contributed by atoms with Gasteiger partial charge in [0.2, 0.25) is 0 Å². The molecule has 0 aliphatic heterocycles. The minimum Gasteiger partial charge on any atom is -0.489 e. The minimum atomic E-state index is -0.156. The van der Waals surface area contributed by atoms with E-state index in [4.69, 9.17) is 9.15 Å². The number of fused-ring (bicyclic) bond motifs is 1. The van der Waals surface area contributed by atoms with Crippen molar-refractivity contribution in [1.29, 1.82) is 0 Å². The van der Waals surface area contributed by atoms with Gasteiger partial charge in [-0.15, -0.1) is 0 Å². The lowest BCUT2D eigenvalue weighted by molar-refractivity contribution is 0.0963. The third kappa shape index (κ3) is 2.68. The van der Waals surface area contributed by atoms with Crippen molar-refractivity contribution in [3.8, 4) is 5.75 Å². The molecule has 0 fully saturated rings. The Bertz CT molecular complexity index is 806. The van der Waals surface area contributed by atoms with E-state index in [2.05, 4.69) is 5.32 Å². The lowest BCUT2D eigenvalue weighted by atomic mass is 10.1. The van der Waals surface area contributed by atoms with E-state index in [1.807, 2.05) is 48.5 Å². The van der Waals surface area contributed by atoms with Crippen LogP contribution in [0.5, 0.6) is 5.75 Å². The summed E-state index contributed by atoms with van der Waals surface area (Å²) < 4.78 is 11.4. The van der Waals surface area contributed by atoms with Gasteiger partial charge in [-0.05, 0) is 30.7 Å². The van der Waals surface area contributed by atoms with Crippen molar-refractivity contribution in [2.75, 3.05) is 7.05 Å². The van der Waals surface area contributed by atoms with Crippen LogP contribution in [-0.2, 0) is 6.61 Å². The molecule has 4 nitrogen and oxygen atoms in total. The Hall–Kier alpha value is -2.75. The first-order chi connectivity index (χ1) is 10.7. The molecule has 4 heteroatoms. The number of ether oxygens (including phenoxy) is 1. The zero-order chi connectivity index (χ0) is 15.5. The number of benzene rings is 2. The predicted molar refractivity (Wildman–Crippen MR) is 85.1 cm³/mol. The zero-order valence-electron chi connectivity index (χ0n) is 12.6. The van der Waals surface area contributed by atoms with Crippen molar-refractivity contribution < 1.29 is 13.9 Å². The van der Waals surface area contributed by atoms with E-state index in [1.165, 1.54) is 0 Å². The molecule has 0 spiro atoms. The molecular weight excluding hydrogens is 278 g/mol. The number of amides is 1. The van der Waals surface area contributed by atoms with Gasteiger partial charge in [0.05, 0.1) is 5.56 Å². The summed E-state index contributed by atoms with van der Waals surface area (Å²) in [4.78, 5) is 12.0. The highest BCUT2D eigenvalue weighted by Crippen LogP contribution is 2.29. The summed E-state index contributed by atoms with van der Waals surface area (Å²) in [5.74, 6) is 1.16. The molecule has 0 saturated carbocycles. The molecule has 2 aromatic carbocycles. The largest absolute Gasteiger partial charge is 0.489 e. The third-order valence-electron chi connectivity index (χ3n) is 3.54. The second kappa shape index (κ2) is 5.93. The summed E-state index contributed by atoms with van der Waals surface area (Å²) in [7, 11) is 1.61. The van der Waals surface area contributed by atoms with Crippen molar-refractivity contribution in [2.45, 2.75) is 13.5 Å². The molecule has 0 aliphatic rings. The molecule has 0 aliphatic carbocycles. The number of rotatable bonds is 4. The maximum absolute atomic E-state index is 12.0. The van der Waals surface area contributed by atoms with Crippen molar-refractivity contribution in [3.63, 3.8) is 0 Å². The Morgan fingerprint density at radius 2 is 1.95 bits per heavy atom. The lowest BCUT2D eigenvalue weighted by Crippen LogP contribution is -2.18. The molecule has 1 amide bonds. The fraction of sp³-hybridized carbons (Fsp3) is 0.167. The highest BCUT2D eigenvalue weighted by Gasteiger charge is 2.17. The molecule has 0 radical (unpaired) electrons. The molecule has 112 valence electrons. The van der Waals surface area contributed by atoms with Gasteiger partial charge in [-0.25, -0.2) is 0 Å². The number of nitrogens with one attached hydrogen (secondary N) is 1. The van der Waals surface area contributed by atoms with Gasteiger partial charge >= 0.3 is 0 Å². The molecule has 0 unspecified atom stereocenters. The summed E-state index contributed by atoms with van der Waals surface area (Å²) in [6.45, 7) is 2.27. The van der Waals surface area contributed by atoms with Gasteiger partial charge in [-0.1, -0.05) is 30.3 Å². The first kappa shape index (κ1) is 14.2. The molecule has 22 heavy (non-hydrogen) atoms. The number of hydrogen-bond donors (Lipinski definition) is 1. The van der Waals surface area contributed by atoms with Crippen LogP contribution in [0.4, 0.5) is 0 Å². The fourth-order valence-electron chi connectivity index (χ4n) is 2.44. The number of carbonyl (C=O) groups excluding carboxylic acids is 1. The van der Waals surface area contributed by atoms with Crippen molar-refractivity contribution in [2.24, 2.45) is 0 Å². The Morgan fingerprint density at radius 1 is 1.18 bits per heavy atom. The van der Waals surface area contributed by atoms with E-state index in [9.17, 15) is 4.79 Å². The van der Waals surface area contributed by atoms with E-state index in [1.54, 1.807) is 14.0 Å². The third-order valence-corrected chi connectivity index (χ3v) is 3.54. The molecule has 0 bridgehead atoms. The fourth-order valence-corrected chi connectivity index (χ4v) is 2.44. The molecule has 3 rings (SSSR count). The van der Waals surface area contributed by atoms with Gasteiger partial charge in [0, 0.05) is 12.4 Å². The van der Waals surface area contributed by atoms with Crippen molar-refractivity contribution in [1.82, 2.24) is 5.32 Å². The van der Waals surface area contributed by atoms with Crippen LogP contribution < -0.4 is 10.1 Å². The van der Waals surface area contributed by atoms with Crippen LogP contribution in [-0.4, -0.2) is 13.0 Å². The van der Waals surface area contributed by atoms with Gasteiger partial charge < -0.3 is 14.5 Å². The lowest BCUT2D eigenvalue weighted by Gasteiger charge is -2.06. The average molecular weight is 295 g/mol. The number of hydrogen-bond acceptors (Lipinski definition) is 3. The first-order valence-electron chi connectivity index (χ1n) is 7.11. The van der Waals surface area contributed by atoms with Crippen LogP contribution in [0.1, 0.15) is 21.7 Å². The molecule has 0 atom stereocenters. The van der Waals surface area contributed by atoms with Gasteiger partial charge in [-0.3, -0.25) is 4.79 Å². The molecule has 1 N–H and O–H groups in total. The monoisotopic (exact) mass is 295 g/mol. The van der Waals surface area contributed by atoms with E-state index >= 15 is 0 Å². The van der Waals surface area contributed by atoms with E-state index in [-0.39, 0.29) is 5.91 Å². The maximum atomic E-state index is 12.0. The average Bonchev–Trinajstić information content (AvgIpc) is 2.88. The maximum Gasteiger partial charge on any atom is 0.255 e. The number of furan rings is 1. The molecule has 0 saturated heterocycles. The Labute approximate surface area is 128 Å². The second-order valence-electron chi connectivity index (χ2n) is 5.04.